The molecule has 1 amide bonds. The Kier molecular flexibility index (Phi) is 6.09. The minimum Gasteiger partial charge on any atom is -0.310 e. The number of aromatic nitrogens is 6. The lowest BCUT2D eigenvalue weighted by Gasteiger charge is -2.22. The number of thioether (sulfide) groups is 1. The van der Waals surface area contributed by atoms with Crippen LogP contribution in [0.5, 0.6) is 0 Å². The molecule has 164 valence electrons. The summed E-state index contributed by atoms with van der Waals surface area (Å²) in [5.74, 6) is 1.41. The summed E-state index contributed by atoms with van der Waals surface area (Å²) in [4.78, 5) is 17.0. The molecular weight excluding hydrogens is 422 g/mol. The number of hydrogen-bond donors (Lipinski definition) is 1. The van der Waals surface area contributed by atoms with Gasteiger partial charge in [0, 0.05) is 29.7 Å². The van der Waals surface area contributed by atoms with Crippen LogP contribution in [0.25, 0.3) is 17.1 Å². The van der Waals surface area contributed by atoms with E-state index < -0.39 is 0 Å². The number of nitrogens with one attached hydrogen (secondary N) is 1. The summed E-state index contributed by atoms with van der Waals surface area (Å²) in [6.07, 6.45) is 3.47. The fourth-order valence-electron chi connectivity index (χ4n) is 3.26. The highest BCUT2D eigenvalue weighted by Gasteiger charge is 2.21. The van der Waals surface area contributed by atoms with Crippen LogP contribution in [0.2, 0.25) is 0 Å². The van der Waals surface area contributed by atoms with E-state index in [0.717, 1.165) is 16.9 Å². The number of rotatable bonds is 6. The van der Waals surface area contributed by atoms with Crippen LogP contribution < -0.4 is 5.32 Å². The number of hydrogen-bond acceptors (Lipinski definition) is 6. The number of carbonyl (C=O) groups excluding carboxylic acids is 1. The molecule has 0 fully saturated rings. The Hall–Kier alpha value is -3.46. The highest BCUT2D eigenvalue weighted by molar-refractivity contribution is 7.99. The summed E-state index contributed by atoms with van der Waals surface area (Å²) in [6.45, 7) is 8.05. The second-order valence-corrected chi connectivity index (χ2v) is 9.25. The average Bonchev–Trinajstić information content (AvgIpc) is 3.36. The zero-order valence-corrected chi connectivity index (χ0v) is 19.3. The molecular formula is C23H25N7OS. The van der Waals surface area contributed by atoms with Crippen molar-refractivity contribution < 1.29 is 4.79 Å². The Bertz CT molecular complexity index is 1210. The van der Waals surface area contributed by atoms with Crippen LogP contribution in [0.15, 0.2) is 66.1 Å². The molecule has 3 aromatic heterocycles. The molecule has 0 aliphatic heterocycles. The van der Waals surface area contributed by atoms with Crippen molar-refractivity contribution in [3.63, 3.8) is 0 Å². The van der Waals surface area contributed by atoms with Crippen molar-refractivity contribution in [3.05, 3.63) is 66.6 Å². The molecule has 0 spiro atoms. The predicted molar refractivity (Wildman–Crippen MR) is 126 cm³/mol. The number of carbonyl (C=O) groups is 1. The van der Waals surface area contributed by atoms with E-state index in [1.165, 1.54) is 11.8 Å². The monoisotopic (exact) mass is 447 g/mol. The van der Waals surface area contributed by atoms with E-state index in [0.29, 0.717) is 16.8 Å². The number of para-hydroxylation sites is 1. The standard InChI is InChI=1S/C23H25N7OS/c1-16-13-19(30(28-16)23(2,3)4)25-20(31)15-32-22-27-26-21(17-9-8-12-24-14-17)29(22)18-10-6-5-7-11-18/h5-14H,15H2,1-4H3,(H,25,31). The fraction of sp³-hybridized carbons (Fsp3) is 0.261. The van der Waals surface area contributed by atoms with Crippen molar-refractivity contribution in [2.75, 3.05) is 11.1 Å². The first-order chi connectivity index (χ1) is 15.3. The van der Waals surface area contributed by atoms with Crippen LogP contribution in [0.1, 0.15) is 26.5 Å². The third kappa shape index (κ3) is 4.72. The number of nitrogens with zero attached hydrogens (tertiary/aromatic N) is 6. The van der Waals surface area contributed by atoms with Crippen molar-refractivity contribution in [3.8, 4) is 17.1 Å². The zero-order valence-electron chi connectivity index (χ0n) is 18.5. The van der Waals surface area contributed by atoms with Gasteiger partial charge in [-0.1, -0.05) is 30.0 Å². The topological polar surface area (TPSA) is 90.5 Å². The lowest BCUT2D eigenvalue weighted by molar-refractivity contribution is -0.113. The lowest BCUT2D eigenvalue weighted by atomic mass is 10.1. The Balaban J connectivity index is 1.57. The first-order valence-electron chi connectivity index (χ1n) is 10.2. The van der Waals surface area contributed by atoms with Gasteiger partial charge in [-0.2, -0.15) is 5.10 Å². The molecule has 4 aromatic rings. The SMILES string of the molecule is Cc1cc(NC(=O)CSc2nnc(-c3cccnc3)n2-c2ccccc2)n(C(C)(C)C)n1. The quantitative estimate of drug-likeness (QED) is 0.443. The Morgan fingerprint density at radius 2 is 1.88 bits per heavy atom. The first-order valence-corrected chi connectivity index (χ1v) is 11.2. The molecule has 0 aliphatic rings. The van der Waals surface area contributed by atoms with Crippen LogP contribution in [-0.2, 0) is 10.3 Å². The number of benzene rings is 1. The molecule has 1 N–H and O–H groups in total. The van der Waals surface area contributed by atoms with Crippen LogP contribution in [0.3, 0.4) is 0 Å². The van der Waals surface area contributed by atoms with Gasteiger partial charge in [-0.15, -0.1) is 10.2 Å². The molecule has 1 aromatic carbocycles. The summed E-state index contributed by atoms with van der Waals surface area (Å²) < 4.78 is 3.77. The maximum atomic E-state index is 12.8. The molecule has 4 rings (SSSR count). The molecule has 0 atom stereocenters. The largest absolute Gasteiger partial charge is 0.310 e. The highest BCUT2D eigenvalue weighted by atomic mass is 32.2. The second-order valence-electron chi connectivity index (χ2n) is 8.31. The predicted octanol–water partition coefficient (Wildman–Crippen LogP) is 4.32. The molecule has 0 saturated heterocycles. The molecule has 32 heavy (non-hydrogen) atoms. The summed E-state index contributed by atoms with van der Waals surface area (Å²) in [5.41, 5.74) is 2.38. The van der Waals surface area contributed by atoms with Crippen molar-refractivity contribution in [2.45, 2.75) is 38.4 Å². The molecule has 3 heterocycles. The lowest BCUT2D eigenvalue weighted by Crippen LogP contribution is -2.27. The van der Waals surface area contributed by atoms with Crippen LogP contribution in [0, 0.1) is 6.92 Å². The second kappa shape index (κ2) is 8.96. The van der Waals surface area contributed by atoms with E-state index in [2.05, 4.69) is 25.6 Å². The minimum atomic E-state index is -0.240. The van der Waals surface area contributed by atoms with Gasteiger partial charge in [0.1, 0.15) is 5.82 Å². The van der Waals surface area contributed by atoms with Crippen LogP contribution in [0.4, 0.5) is 5.82 Å². The number of aryl methyl sites for hydroxylation is 1. The smallest absolute Gasteiger partial charge is 0.235 e. The van der Waals surface area contributed by atoms with E-state index in [9.17, 15) is 4.79 Å². The maximum Gasteiger partial charge on any atom is 0.235 e. The van der Waals surface area contributed by atoms with Crippen molar-refractivity contribution in [1.82, 2.24) is 29.5 Å². The van der Waals surface area contributed by atoms with Crippen molar-refractivity contribution in [2.24, 2.45) is 0 Å². The van der Waals surface area contributed by atoms with E-state index >= 15 is 0 Å². The Labute approximate surface area is 191 Å². The molecule has 8 nitrogen and oxygen atoms in total. The van der Waals surface area contributed by atoms with Gasteiger partial charge in [0.2, 0.25) is 5.91 Å². The number of anilines is 1. The minimum absolute atomic E-state index is 0.133. The van der Waals surface area contributed by atoms with Gasteiger partial charge in [0.05, 0.1) is 17.0 Å². The Morgan fingerprint density at radius 1 is 1.09 bits per heavy atom. The number of pyridine rings is 1. The Morgan fingerprint density at radius 3 is 2.56 bits per heavy atom. The van der Waals surface area contributed by atoms with Gasteiger partial charge >= 0.3 is 0 Å². The van der Waals surface area contributed by atoms with E-state index in [1.807, 2.05) is 85.5 Å². The van der Waals surface area contributed by atoms with Crippen molar-refractivity contribution in [1.29, 1.82) is 0 Å². The normalized spacial score (nSPS) is 11.5. The number of amides is 1. The van der Waals surface area contributed by atoms with Gasteiger partial charge in [0.25, 0.3) is 0 Å². The summed E-state index contributed by atoms with van der Waals surface area (Å²) >= 11 is 1.33. The average molecular weight is 448 g/mol. The first kappa shape index (κ1) is 21.8. The highest BCUT2D eigenvalue weighted by Crippen LogP contribution is 2.28. The summed E-state index contributed by atoms with van der Waals surface area (Å²) in [6, 6.07) is 15.5. The van der Waals surface area contributed by atoms with Gasteiger partial charge in [-0.3, -0.25) is 14.3 Å². The van der Waals surface area contributed by atoms with Crippen LogP contribution in [-0.4, -0.2) is 41.2 Å². The van der Waals surface area contributed by atoms with Gasteiger partial charge in [-0.05, 0) is 52.0 Å². The fourth-order valence-corrected chi connectivity index (χ4v) is 4.02. The van der Waals surface area contributed by atoms with E-state index in [4.69, 9.17) is 0 Å². The van der Waals surface area contributed by atoms with Gasteiger partial charge in [-0.25, -0.2) is 4.68 Å². The third-order valence-corrected chi connectivity index (χ3v) is 5.56. The van der Waals surface area contributed by atoms with Gasteiger partial charge in [0.15, 0.2) is 11.0 Å². The molecule has 0 aliphatic carbocycles. The molecule has 0 bridgehead atoms. The molecule has 0 unspecified atom stereocenters. The molecule has 9 heteroatoms. The van der Waals surface area contributed by atoms with E-state index in [1.54, 1.807) is 12.4 Å². The zero-order chi connectivity index (χ0) is 22.7. The third-order valence-electron chi connectivity index (χ3n) is 4.63. The summed E-state index contributed by atoms with van der Waals surface area (Å²) in [7, 11) is 0. The molecule has 0 saturated carbocycles. The van der Waals surface area contributed by atoms with Crippen molar-refractivity contribution >= 4 is 23.5 Å². The van der Waals surface area contributed by atoms with E-state index in [-0.39, 0.29) is 17.2 Å². The van der Waals surface area contributed by atoms with Gasteiger partial charge < -0.3 is 5.32 Å². The maximum absolute atomic E-state index is 12.8. The molecule has 0 radical (unpaired) electrons. The summed E-state index contributed by atoms with van der Waals surface area (Å²) in [5, 5.41) is 16.9. The van der Waals surface area contributed by atoms with Crippen LogP contribution >= 0.6 is 11.8 Å².